The molecular formula is C23H22N2O7. The summed E-state index contributed by atoms with van der Waals surface area (Å²) in [4.78, 5) is 27.2. The van der Waals surface area contributed by atoms with Crippen LogP contribution >= 0.6 is 0 Å². The highest BCUT2D eigenvalue weighted by atomic mass is 16.7. The van der Waals surface area contributed by atoms with E-state index < -0.39 is 0 Å². The summed E-state index contributed by atoms with van der Waals surface area (Å²) in [5.41, 5.74) is 1.86. The molecular weight excluding hydrogens is 416 g/mol. The Morgan fingerprint density at radius 3 is 2.31 bits per heavy atom. The number of pyridine rings is 1. The van der Waals surface area contributed by atoms with Crippen molar-refractivity contribution in [2.45, 2.75) is 13.0 Å². The Morgan fingerprint density at radius 1 is 1.00 bits per heavy atom. The lowest BCUT2D eigenvalue weighted by Crippen LogP contribution is -2.26. The van der Waals surface area contributed by atoms with Crippen molar-refractivity contribution in [1.29, 1.82) is 0 Å². The summed E-state index contributed by atoms with van der Waals surface area (Å²) < 4.78 is 23.4. The predicted molar refractivity (Wildman–Crippen MR) is 116 cm³/mol. The molecule has 3 aromatic rings. The summed E-state index contributed by atoms with van der Waals surface area (Å²) in [6.45, 7) is 0.823. The average Bonchev–Trinajstić information content (AvgIpc) is 3.38. The van der Waals surface area contributed by atoms with Crippen molar-refractivity contribution < 1.29 is 28.8 Å². The van der Waals surface area contributed by atoms with Crippen LogP contribution in [0.3, 0.4) is 0 Å². The van der Waals surface area contributed by atoms with Gasteiger partial charge in [0.05, 0.1) is 37.6 Å². The molecule has 9 nitrogen and oxygen atoms in total. The monoisotopic (exact) mass is 438 g/mol. The highest BCUT2D eigenvalue weighted by Gasteiger charge is 2.35. The highest BCUT2D eigenvalue weighted by molar-refractivity contribution is 6.27. The lowest BCUT2D eigenvalue weighted by molar-refractivity contribution is 0.104. The molecule has 0 unspecified atom stereocenters. The maximum atomic E-state index is 13.6. The van der Waals surface area contributed by atoms with Crippen LogP contribution in [0.25, 0.3) is 22.0 Å². The number of aliphatic hydroxyl groups is 1. The molecule has 0 atom stereocenters. The fourth-order valence-corrected chi connectivity index (χ4v) is 4.40. The molecule has 0 radical (unpaired) electrons. The van der Waals surface area contributed by atoms with Gasteiger partial charge in [-0.3, -0.25) is 14.9 Å². The number of fused-ring (bicyclic) bond motifs is 6. The van der Waals surface area contributed by atoms with Crippen LogP contribution in [-0.4, -0.2) is 49.7 Å². The summed E-state index contributed by atoms with van der Waals surface area (Å²) in [6, 6.07) is 6.73. The summed E-state index contributed by atoms with van der Waals surface area (Å²) >= 11 is 0. The Balaban J connectivity index is 1.80. The molecule has 0 bridgehead atoms. The van der Waals surface area contributed by atoms with Gasteiger partial charge in [0.1, 0.15) is 0 Å². The molecule has 166 valence electrons. The smallest absolute Gasteiger partial charge is 0.259 e. The number of hydrogen-bond acceptors (Lipinski definition) is 8. The van der Waals surface area contributed by atoms with E-state index in [1.807, 2.05) is 0 Å². The molecule has 1 aliphatic heterocycles. The summed E-state index contributed by atoms with van der Waals surface area (Å²) in [5, 5.41) is 12.7. The van der Waals surface area contributed by atoms with Gasteiger partial charge >= 0.3 is 0 Å². The molecule has 0 saturated carbocycles. The zero-order chi connectivity index (χ0) is 22.4. The fraction of sp³-hybridized carbons (Fsp3) is 0.304. The van der Waals surface area contributed by atoms with Crippen molar-refractivity contribution in [2.75, 3.05) is 34.3 Å². The zero-order valence-corrected chi connectivity index (χ0v) is 17.7. The third-order valence-electron chi connectivity index (χ3n) is 5.86. The molecule has 1 aromatic heterocycles. The molecule has 2 aliphatic rings. The third-order valence-corrected chi connectivity index (χ3v) is 5.86. The Kier molecular flexibility index (Phi) is 4.99. The van der Waals surface area contributed by atoms with E-state index in [4.69, 9.17) is 24.1 Å². The average molecular weight is 438 g/mol. The van der Waals surface area contributed by atoms with Gasteiger partial charge < -0.3 is 28.6 Å². The van der Waals surface area contributed by atoms with E-state index in [0.717, 1.165) is 0 Å². The van der Waals surface area contributed by atoms with Crippen LogP contribution in [0.4, 0.5) is 0 Å². The van der Waals surface area contributed by atoms with Crippen LogP contribution in [0.2, 0.25) is 0 Å². The maximum Gasteiger partial charge on any atom is 0.259 e. The van der Waals surface area contributed by atoms with Gasteiger partial charge in [-0.2, -0.15) is 0 Å². The standard InChI is InChI=1S/C23H22N2O7/c1-29-16-6-12-15(9-17(16)30-2)23(28)25(5-3-4-24-10-26)21-13-7-18-19(32-11-31-18)8-14(13)22(27)20(12)21/h6-9,24,26H,3-5,10-11H2,1-2H3. The number of nitrogens with zero attached hydrogens (tertiary/aromatic N) is 1. The molecule has 9 heteroatoms. The van der Waals surface area contributed by atoms with Crippen LogP contribution in [0.15, 0.2) is 29.1 Å². The lowest BCUT2D eigenvalue weighted by atomic mass is 10.0. The van der Waals surface area contributed by atoms with Gasteiger partial charge in [-0.1, -0.05) is 0 Å². The number of aromatic nitrogens is 1. The van der Waals surface area contributed by atoms with Crippen molar-refractivity contribution >= 4 is 16.6 Å². The largest absolute Gasteiger partial charge is 0.493 e. The van der Waals surface area contributed by atoms with Crippen LogP contribution < -0.4 is 29.8 Å². The van der Waals surface area contributed by atoms with Crippen LogP contribution in [-0.2, 0) is 6.54 Å². The van der Waals surface area contributed by atoms with Crippen LogP contribution in [0.5, 0.6) is 23.0 Å². The minimum absolute atomic E-state index is 0.0909. The van der Waals surface area contributed by atoms with Crippen molar-refractivity contribution in [3.05, 3.63) is 45.7 Å². The number of ether oxygens (including phenoxy) is 4. The van der Waals surface area contributed by atoms with Crippen molar-refractivity contribution in [2.24, 2.45) is 0 Å². The van der Waals surface area contributed by atoms with Gasteiger partial charge in [0.15, 0.2) is 28.8 Å². The zero-order valence-electron chi connectivity index (χ0n) is 17.7. The van der Waals surface area contributed by atoms with E-state index in [1.54, 1.807) is 28.8 Å². The van der Waals surface area contributed by atoms with E-state index in [1.165, 1.54) is 14.2 Å². The summed E-state index contributed by atoms with van der Waals surface area (Å²) in [7, 11) is 3.01. The fourth-order valence-electron chi connectivity index (χ4n) is 4.40. The number of aliphatic hydroxyl groups excluding tert-OH is 1. The second-order valence-electron chi connectivity index (χ2n) is 7.53. The predicted octanol–water partition coefficient (Wildman–Crippen LogP) is 1.89. The quantitative estimate of drug-likeness (QED) is 0.333. The van der Waals surface area contributed by atoms with E-state index in [0.29, 0.717) is 75.7 Å². The maximum absolute atomic E-state index is 13.6. The number of methoxy groups -OCH3 is 2. The van der Waals surface area contributed by atoms with Gasteiger partial charge in [0, 0.05) is 23.1 Å². The van der Waals surface area contributed by atoms with E-state index >= 15 is 0 Å². The molecule has 2 heterocycles. The summed E-state index contributed by atoms with van der Waals surface area (Å²) in [6.07, 6.45) is 0.583. The molecule has 2 N–H and O–H groups in total. The minimum Gasteiger partial charge on any atom is -0.493 e. The van der Waals surface area contributed by atoms with Crippen LogP contribution in [0.1, 0.15) is 22.3 Å². The second kappa shape index (κ2) is 7.85. The van der Waals surface area contributed by atoms with Gasteiger partial charge in [-0.25, -0.2) is 0 Å². The molecule has 0 saturated heterocycles. The Bertz CT molecular complexity index is 1310. The summed E-state index contributed by atoms with van der Waals surface area (Å²) in [5.74, 6) is 1.71. The SMILES string of the molecule is COc1cc2c3c(n(CCCNCO)c(=O)c2cc1OC)-c1cc2c(cc1C3=O)OCO2. The molecule has 5 rings (SSSR count). The van der Waals surface area contributed by atoms with Gasteiger partial charge in [0.2, 0.25) is 6.79 Å². The molecule has 0 spiro atoms. The van der Waals surface area contributed by atoms with Gasteiger partial charge in [0.25, 0.3) is 5.56 Å². The first-order chi connectivity index (χ1) is 15.6. The molecule has 0 amide bonds. The molecule has 32 heavy (non-hydrogen) atoms. The number of nitrogens with one attached hydrogen (secondary N) is 1. The number of carbonyl (C=O) groups is 1. The molecule has 0 fully saturated rings. The van der Waals surface area contributed by atoms with Crippen molar-refractivity contribution in [1.82, 2.24) is 9.88 Å². The lowest BCUT2D eigenvalue weighted by Gasteiger charge is -2.17. The minimum atomic E-state index is -0.234. The van der Waals surface area contributed by atoms with E-state index in [-0.39, 0.29) is 24.9 Å². The second-order valence-corrected chi connectivity index (χ2v) is 7.53. The van der Waals surface area contributed by atoms with Crippen molar-refractivity contribution in [3.63, 3.8) is 0 Å². The molecule has 2 aromatic carbocycles. The molecule has 1 aliphatic carbocycles. The number of rotatable bonds is 7. The number of carbonyl (C=O) groups excluding carboxylic acids is 1. The number of ketones is 1. The third kappa shape index (κ3) is 2.93. The first-order valence-electron chi connectivity index (χ1n) is 10.2. The topological polar surface area (TPSA) is 108 Å². The van der Waals surface area contributed by atoms with Crippen LogP contribution in [0, 0.1) is 0 Å². The first-order valence-corrected chi connectivity index (χ1v) is 10.2. The Labute approximate surface area is 183 Å². The normalized spacial score (nSPS) is 13.4. The van der Waals surface area contributed by atoms with Gasteiger partial charge in [-0.05, 0) is 37.2 Å². The number of benzene rings is 2. The van der Waals surface area contributed by atoms with Crippen molar-refractivity contribution in [3.8, 4) is 34.3 Å². The Morgan fingerprint density at radius 2 is 1.66 bits per heavy atom. The Hall–Kier alpha value is -3.56. The highest BCUT2D eigenvalue weighted by Crippen LogP contribution is 2.46. The van der Waals surface area contributed by atoms with E-state index in [2.05, 4.69) is 5.32 Å². The first kappa shape index (κ1) is 20.3. The number of hydrogen-bond donors (Lipinski definition) is 2. The van der Waals surface area contributed by atoms with Gasteiger partial charge in [-0.15, -0.1) is 0 Å². The van der Waals surface area contributed by atoms with E-state index in [9.17, 15) is 9.59 Å².